The molecule has 1 aromatic rings. The third-order valence-corrected chi connectivity index (χ3v) is 2.10. The minimum absolute atomic E-state index is 0.160. The number of phenols is 1. The molecule has 1 rings (SSSR count). The van der Waals surface area contributed by atoms with Crippen LogP contribution in [0.3, 0.4) is 0 Å². The molecule has 0 saturated carbocycles. The van der Waals surface area contributed by atoms with Gasteiger partial charge in [0.25, 0.3) is 0 Å². The van der Waals surface area contributed by atoms with Crippen LogP contribution in [0.2, 0.25) is 0 Å². The largest absolute Gasteiger partial charge is 0.508 e. The Morgan fingerprint density at radius 3 is 1.84 bits per heavy atom. The molecule has 1 aromatic carbocycles. The highest BCUT2D eigenvalue weighted by Crippen LogP contribution is 2.10. The maximum Gasteiger partial charge on any atom is 0.320 e. The second-order valence-electron chi connectivity index (χ2n) is 3.94. The Balaban J connectivity index is 0.000000459. The number of carbonyl (C=O) groups is 2. The van der Waals surface area contributed by atoms with Gasteiger partial charge in [-0.15, -0.1) is 0 Å². The molecule has 0 aliphatic heterocycles. The van der Waals surface area contributed by atoms with E-state index in [1.54, 1.807) is 12.1 Å². The number of rotatable bonds is 4. The average Bonchev–Trinajstić information content (AvgIpc) is 2.32. The van der Waals surface area contributed by atoms with Crippen molar-refractivity contribution in [3.63, 3.8) is 0 Å². The fourth-order valence-electron chi connectivity index (χ4n) is 0.973. The van der Waals surface area contributed by atoms with Crippen LogP contribution in [0.25, 0.3) is 0 Å². The molecule has 7 heteroatoms. The lowest BCUT2D eigenvalue weighted by atomic mass is 10.1. The zero-order valence-corrected chi connectivity index (χ0v) is 10.5. The number of carboxylic acid groups (broad SMARTS) is 2. The Kier molecular flexibility index (Phi) is 7.16. The summed E-state index contributed by atoms with van der Waals surface area (Å²) < 4.78 is 0. The van der Waals surface area contributed by atoms with Crippen molar-refractivity contribution in [2.45, 2.75) is 25.4 Å². The lowest BCUT2D eigenvalue weighted by molar-refractivity contribution is -0.139. The fraction of sp³-hybridized carbons (Fsp3) is 0.333. The number of hydrogen-bond acceptors (Lipinski definition) is 5. The Morgan fingerprint density at radius 2 is 1.53 bits per heavy atom. The zero-order valence-electron chi connectivity index (χ0n) is 10.5. The number of nitrogens with two attached hydrogens (primary N) is 2. The first-order chi connectivity index (χ1) is 8.73. The second-order valence-corrected chi connectivity index (χ2v) is 3.94. The van der Waals surface area contributed by atoms with E-state index in [-0.39, 0.29) is 12.2 Å². The van der Waals surface area contributed by atoms with Crippen LogP contribution >= 0.6 is 0 Å². The summed E-state index contributed by atoms with van der Waals surface area (Å²) in [6.07, 6.45) is 0.273. The molecule has 0 heterocycles. The lowest BCUT2D eigenvalue weighted by Crippen LogP contribution is -2.32. The van der Waals surface area contributed by atoms with Gasteiger partial charge in [0.05, 0.1) is 0 Å². The van der Waals surface area contributed by atoms with Gasteiger partial charge in [0, 0.05) is 0 Å². The van der Waals surface area contributed by atoms with Crippen molar-refractivity contribution < 1.29 is 24.9 Å². The summed E-state index contributed by atoms with van der Waals surface area (Å²) in [7, 11) is 0. The summed E-state index contributed by atoms with van der Waals surface area (Å²) in [5.74, 6) is -1.82. The third-order valence-electron chi connectivity index (χ3n) is 2.10. The lowest BCUT2D eigenvalue weighted by Gasteiger charge is -2.05. The number of carboxylic acids is 2. The van der Waals surface area contributed by atoms with E-state index < -0.39 is 24.0 Å². The van der Waals surface area contributed by atoms with Crippen LogP contribution in [0.4, 0.5) is 0 Å². The first-order valence-electron chi connectivity index (χ1n) is 5.48. The van der Waals surface area contributed by atoms with Crippen LogP contribution in [0, 0.1) is 0 Å². The van der Waals surface area contributed by atoms with Gasteiger partial charge in [-0.25, -0.2) is 0 Å². The Labute approximate surface area is 110 Å². The van der Waals surface area contributed by atoms with E-state index >= 15 is 0 Å². The van der Waals surface area contributed by atoms with Crippen molar-refractivity contribution in [3.8, 4) is 5.75 Å². The predicted molar refractivity (Wildman–Crippen MR) is 68.7 cm³/mol. The molecule has 7 nitrogen and oxygen atoms in total. The van der Waals surface area contributed by atoms with Gasteiger partial charge >= 0.3 is 11.9 Å². The predicted octanol–water partition coefficient (Wildman–Crippen LogP) is -0.235. The van der Waals surface area contributed by atoms with Crippen LogP contribution in [0.15, 0.2) is 24.3 Å². The quantitative estimate of drug-likeness (QED) is 0.507. The molecular weight excluding hydrogens is 252 g/mol. The highest BCUT2D eigenvalue weighted by atomic mass is 16.4. The van der Waals surface area contributed by atoms with Crippen molar-refractivity contribution in [3.05, 3.63) is 29.8 Å². The van der Waals surface area contributed by atoms with Gasteiger partial charge in [-0.1, -0.05) is 12.1 Å². The first-order valence-corrected chi connectivity index (χ1v) is 5.48. The number of aliphatic carboxylic acids is 2. The van der Waals surface area contributed by atoms with Crippen LogP contribution in [-0.4, -0.2) is 39.3 Å². The smallest absolute Gasteiger partial charge is 0.320 e. The maximum absolute atomic E-state index is 10.4. The first kappa shape index (κ1) is 16.9. The third kappa shape index (κ3) is 7.74. The molecule has 0 fully saturated rings. The zero-order chi connectivity index (χ0) is 15.0. The molecule has 0 unspecified atom stereocenters. The molecule has 0 aliphatic carbocycles. The molecule has 106 valence electrons. The molecule has 0 saturated heterocycles. The van der Waals surface area contributed by atoms with Crippen LogP contribution in [-0.2, 0) is 16.0 Å². The number of aromatic hydroxyl groups is 1. The summed E-state index contributed by atoms with van der Waals surface area (Å²) in [6, 6.07) is 4.69. The minimum atomic E-state index is -1.02. The summed E-state index contributed by atoms with van der Waals surface area (Å²) in [5, 5.41) is 25.3. The average molecular weight is 270 g/mol. The minimum Gasteiger partial charge on any atom is -0.508 e. The normalized spacial score (nSPS) is 12.8. The number of benzene rings is 1. The molecular formula is C12H18N2O5. The molecule has 0 amide bonds. The van der Waals surface area contributed by atoms with E-state index in [4.69, 9.17) is 26.8 Å². The van der Waals surface area contributed by atoms with Gasteiger partial charge in [0.2, 0.25) is 0 Å². The number of hydrogen-bond donors (Lipinski definition) is 5. The number of phenolic OH excluding ortho intramolecular Hbond substituents is 1. The van der Waals surface area contributed by atoms with Gasteiger partial charge in [0.1, 0.15) is 17.8 Å². The molecule has 0 aromatic heterocycles. The monoisotopic (exact) mass is 270 g/mol. The van der Waals surface area contributed by atoms with E-state index in [1.165, 1.54) is 19.1 Å². The van der Waals surface area contributed by atoms with Crippen molar-refractivity contribution in [1.29, 1.82) is 0 Å². The summed E-state index contributed by atoms with van der Waals surface area (Å²) in [4.78, 5) is 20.0. The molecule has 0 bridgehead atoms. The van der Waals surface area contributed by atoms with Crippen molar-refractivity contribution in [2.75, 3.05) is 0 Å². The highest BCUT2D eigenvalue weighted by molar-refractivity contribution is 5.73. The topological polar surface area (TPSA) is 147 Å². The summed E-state index contributed by atoms with van der Waals surface area (Å²) in [6.45, 7) is 1.42. The van der Waals surface area contributed by atoms with Gasteiger partial charge in [0.15, 0.2) is 0 Å². The van der Waals surface area contributed by atoms with E-state index in [9.17, 15) is 9.59 Å². The van der Waals surface area contributed by atoms with Crippen LogP contribution < -0.4 is 11.5 Å². The molecule has 19 heavy (non-hydrogen) atoms. The van der Waals surface area contributed by atoms with Gasteiger partial charge in [-0.3, -0.25) is 9.59 Å². The molecule has 2 atom stereocenters. The van der Waals surface area contributed by atoms with Crippen molar-refractivity contribution in [1.82, 2.24) is 0 Å². The van der Waals surface area contributed by atoms with Crippen molar-refractivity contribution in [2.24, 2.45) is 11.5 Å². The van der Waals surface area contributed by atoms with Gasteiger partial charge < -0.3 is 26.8 Å². The Morgan fingerprint density at radius 1 is 1.11 bits per heavy atom. The van der Waals surface area contributed by atoms with E-state index in [0.717, 1.165) is 5.56 Å². The van der Waals surface area contributed by atoms with E-state index in [0.29, 0.717) is 0 Å². The van der Waals surface area contributed by atoms with Crippen LogP contribution in [0.5, 0.6) is 5.75 Å². The fourth-order valence-corrected chi connectivity index (χ4v) is 0.973. The standard InChI is InChI=1S/C9H11NO3.C3H7NO2/c10-8(9(12)13)5-6-1-3-7(11)4-2-6;1-2(4)3(5)6/h1-4,8,11H,5,10H2,(H,12,13);2H,4H2,1H3,(H,5,6)/t8-;2-/m00/s1. The SMILES string of the molecule is C[C@H](N)C(=O)O.N[C@@H](Cc1ccc(O)cc1)C(=O)O. The van der Waals surface area contributed by atoms with Crippen LogP contribution in [0.1, 0.15) is 12.5 Å². The van der Waals surface area contributed by atoms with Crippen molar-refractivity contribution >= 4 is 11.9 Å². The maximum atomic E-state index is 10.4. The van der Waals surface area contributed by atoms with E-state index in [2.05, 4.69) is 0 Å². The molecule has 0 radical (unpaired) electrons. The Hall–Kier alpha value is -2.12. The summed E-state index contributed by atoms with van der Waals surface area (Å²) in [5.41, 5.74) is 11.0. The van der Waals surface area contributed by atoms with Gasteiger partial charge in [-0.2, -0.15) is 0 Å². The second kappa shape index (κ2) is 8.06. The highest BCUT2D eigenvalue weighted by Gasteiger charge is 2.11. The molecule has 0 aliphatic rings. The summed E-state index contributed by atoms with van der Waals surface area (Å²) >= 11 is 0. The van der Waals surface area contributed by atoms with Gasteiger partial charge in [-0.05, 0) is 31.0 Å². The molecule has 7 N–H and O–H groups in total. The Bertz CT molecular complexity index is 417. The molecule has 0 spiro atoms. The van der Waals surface area contributed by atoms with E-state index in [1.807, 2.05) is 0 Å².